The van der Waals surface area contributed by atoms with Crippen LogP contribution in [0, 0.1) is 0 Å². The highest BCUT2D eigenvalue weighted by atomic mass is 79.9. The molecule has 1 aromatic rings. The van der Waals surface area contributed by atoms with Crippen molar-refractivity contribution in [3.63, 3.8) is 0 Å². The smallest absolute Gasteiger partial charge is 0.254 e. The lowest BCUT2D eigenvalue weighted by atomic mass is 10.0. The summed E-state index contributed by atoms with van der Waals surface area (Å²) in [5.41, 5.74) is 6.53. The number of amides is 1. The number of nitrogens with zero attached hydrogens (tertiary/aromatic N) is 1. The van der Waals surface area contributed by atoms with Gasteiger partial charge in [0.15, 0.2) is 0 Å². The van der Waals surface area contributed by atoms with Gasteiger partial charge in [0.25, 0.3) is 5.91 Å². The van der Waals surface area contributed by atoms with Gasteiger partial charge in [-0.2, -0.15) is 0 Å². The quantitative estimate of drug-likeness (QED) is 0.880. The monoisotopic (exact) mass is 376 g/mol. The molecule has 0 aromatic heterocycles. The Labute approximate surface area is 140 Å². The molecule has 0 saturated carbocycles. The van der Waals surface area contributed by atoms with Gasteiger partial charge in [-0.05, 0) is 44.9 Å². The molecule has 0 aliphatic carbocycles. The molecule has 1 saturated heterocycles. The summed E-state index contributed by atoms with van der Waals surface area (Å²) in [6, 6.07) is 5.75. The molecule has 118 valence electrons. The molecule has 1 fully saturated rings. The molecule has 1 amide bonds. The first-order valence-electron chi connectivity index (χ1n) is 6.98. The normalized spacial score (nSPS) is 15.8. The minimum atomic E-state index is 0. The largest absolute Gasteiger partial charge is 0.491 e. The van der Waals surface area contributed by atoms with Gasteiger partial charge in [-0.1, -0.05) is 15.9 Å². The standard InChI is InChI=1S/C15H21BrN2O2.ClH/c1-10(2)20-14-8-11(7-12(16)9-14)15(19)18-5-3-13(17)4-6-18;/h7-10,13H,3-6,17H2,1-2H3;1H. The van der Waals surface area contributed by atoms with Gasteiger partial charge >= 0.3 is 0 Å². The van der Waals surface area contributed by atoms with Crippen LogP contribution in [-0.2, 0) is 0 Å². The number of benzene rings is 1. The van der Waals surface area contributed by atoms with Crippen molar-refractivity contribution in [3.8, 4) is 5.75 Å². The second kappa shape index (κ2) is 8.01. The van der Waals surface area contributed by atoms with Crippen LogP contribution in [0.3, 0.4) is 0 Å². The van der Waals surface area contributed by atoms with Crippen molar-refractivity contribution in [1.82, 2.24) is 4.90 Å². The van der Waals surface area contributed by atoms with Crippen molar-refractivity contribution >= 4 is 34.2 Å². The Morgan fingerprint density at radius 1 is 1.33 bits per heavy atom. The maximum Gasteiger partial charge on any atom is 0.254 e. The lowest BCUT2D eigenvalue weighted by Crippen LogP contribution is -2.42. The van der Waals surface area contributed by atoms with Crippen molar-refractivity contribution < 1.29 is 9.53 Å². The number of hydrogen-bond donors (Lipinski definition) is 1. The van der Waals surface area contributed by atoms with E-state index in [2.05, 4.69) is 15.9 Å². The molecule has 0 bridgehead atoms. The van der Waals surface area contributed by atoms with Gasteiger partial charge in [0, 0.05) is 29.2 Å². The summed E-state index contributed by atoms with van der Waals surface area (Å²) in [6.07, 6.45) is 1.82. The van der Waals surface area contributed by atoms with Gasteiger partial charge in [-0.15, -0.1) is 12.4 Å². The van der Waals surface area contributed by atoms with Gasteiger partial charge in [-0.3, -0.25) is 4.79 Å². The summed E-state index contributed by atoms with van der Waals surface area (Å²) in [5.74, 6) is 0.762. The molecule has 6 heteroatoms. The number of halogens is 2. The number of hydrogen-bond acceptors (Lipinski definition) is 3. The molecule has 1 aliphatic rings. The fourth-order valence-corrected chi connectivity index (χ4v) is 2.78. The van der Waals surface area contributed by atoms with E-state index in [0.29, 0.717) is 11.3 Å². The lowest BCUT2D eigenvalue weighted by Gasteiger charge is -2.30. The highest BCUT2D eigenvalue weighted by Gasteiger charge is 2.22. The van der Waals surface area contributed by atoms with E-state index >= 15 is 0 Å². The lowest BCUT2D eigenvalue weighted by molar-refractivity contribution is 0.0714. The van der Waals surface area contributed by atoms with E-state index in [0.717, 1.165) is 30.4 Å². The highest BCUT2D eigenvalue weighted by Crippen LogP contribution is 2.24. The topological polar surface area (TPSA) is 55.6 Å². The number of ether oxygens (including phenoxy) is 1. The molecule has 0 atom stereocenters. The van der Waals surface area contributed by atoms with Crippen molar-refractivity contribution in [3.05, 3.63) is 28.2 Å². The predicted molar refractivity (Wildman–Crippen MR) is 90.3 cm³/mol. The maximum absolute atomic E-state index is 12.5. The Morgan fingerprint density at radius 2 is 1.95 bits per heavy atom. The molecule has 1 aromatic carbocycles. The van der Waals surface area contributed by atoms with E-state index in [-0.39, 0.29) is 30.5 Å². The van der Waals surface area contributed by atoms with Crippen molar-refractivity contribution in [2.75, 3.05) is 13.1 Å². The first-order valence-corrected chi connectivity index (χ1v) is 7.77. The number of carbonyl (C=O) groups is 1. The summed E-state index contributed by atoms with van der Waals surface area (Å²) in [5, 5.41) is 0. The number of rotatable bonds is 3. The SMILES string of the molecule is CC(C)Oc1cc(Br)cc(C(=O)N2CCC(N)CC2)c1.Cl. The molecule has 1 aliphatic heterocycles. The summed E-state index contributed by atoms with van der Waals surface area (Å²) in [4.78, 5) is 14.4. The van der Waals surface area contributed by atoms with E-state index in [1.165, 1.54) is 0 Å². The third kappa shape index (κ3) is 5.16. The van der Waals surface area contributed by atoms with Crippen molar-refractivity contribution in [2.24, 2.45) is 5.73 Å². The van der Waals surface area contributed by atoms with Gasteiger partial charge in [-0.25, -0.2) is 0 Å². The number of piperidine rings is 1. The maximum atomic E-state index is 12.5. The van der Waals surface area contributed by atoms with Crippen LogP contribution in [0.2, 0.25) is 0 Å². The van der Waals surface area contributed by atoms with Crippen LogP contribution in [0.4, 0.5) is 0 Å². The molecular formula is C15H22BrClN2O2. The van der Waals surface area contributed by atoms with E-state index in [1.54, 1.807) is 0 Å². The highest BCUT2D eigenvalue weighted by molar-refractivity contribution is 9.10. The first-order chi connectivity index (χ1) is 9.45. The van der Waals surface area contributed by atoms with Crippen LogP contribution < -0.4 is 10.5 Å². The van der Waals surface area contributed by atoms with Crippen molar-refractivity contribution in [1.29, 1.82) is 0 Å². The molecule has 21 heavy (non-hydrogen) atoms. The fraction of sp³-hybridized carbons (Fsp3) is 0.533. The average molecular weight is 378 g/mol. The molecule has 0 unspecified atom stereocenters. The Kier molecular flexibility index (Phi) is 6.97. The minimum absolute atomic E-state index is 0. The fourth-order valence-electron chi connectivity index (χ4n) is 2.31. The molecule has 0 radical (unpaired) electrons. The van der Waals surface area contributed by atoms with Gasteiger partial charge in [0.1, 0.15) is 5.75 Å². The van der Waals surface area contributed by atoms with Gasteiger partial charge in [0.05, 0.1) is 6.10 Å². The van der Waals surface area contributed by atoms with Gasteiger partial charge in [0.2, 0.25) is 0 Å². The van der Waals surface area contributed by atoms with E-state index in [9.17, 15) is 4.79 Å². The predicted octanol–water partition coefficient (Wildman–Crippen LogP) is 3.22. The zero-order valence-corrected chi connectivity index (χ0v) is 14.7. The number of carbonyl (C=O) groups excluding carboxylic acids is 1. The summed E-state index contributed by atoms with van der Waals surface area (Å²) >= 11 is 3.43. The molecule has 2 N–H and O–H groups in total. The zero-order valence-electron chi connectivity index (χ0n) is 12.3. The van der Waals surface area contributed by atoms with Crippen LogP contribution in [0.5, 0.6) is 5.75 Å². The third-order valence-corrected chi connectivity index (χ3v) is 3.77. The number of nitrogens with two attached hydrogens (primary N) is 1. The van der Waals surface area contributed by atoms with E-state index < -0.39 is 0 Å². The van der Waals surface area contributed by atoms with E-state index in [4.69, 9.17) is 10.5 Å². The zero-order chi connectivity index (χ0) is 14.7. The Bertz CT molecular complexity index is 489. The van der Waals surface area contributed by atoms with Crippen LogP contribution in [0.15, 0.2) is 22.7 Å². The molecule has 0 spiro atoms. The molecular weight excluding hydrogens is 356 g/mol. The van der Waals surface area contributed by atoms with Crippen LogP contribution in [-0.4, -0.2) is 36.0 Å². The van der Waals surface area contributed by atoms with Crippen LogP contribution >= 0.6 is 28.3 Å². The van der Waals surface area contributed by atoms with Crippen LogP contribution in [0.1, 0.15) is 37.0 Å². The second-order valence-electron chi connectivity index (χ2n) is 5.47. The van der Waals surface area contributed by atoms with Gasteiger partial charge < -0.3 is 15.4 Å². The summed E-state index contributed by atoms with van der Waals surface area (Å²) < 4.78 is 6.52. The van der Waals surface area contributed by atoms with E-state index in [1.807, 2.05) is 36.9 Å². The molecule has 4 nitrogen and oxygen atoms in total. The first kappa shape index (κ1) is 18.3. The molecule has 1 heterocycles. The Morgan fingerprint density at radius 3 is 2.52 bits per heavy atom. The number of likely N-dealkylation sites (tertiary alicyclic amines) is 1. The summed E-state index contributed by atoms with van der Waals surface area (Å²) in [7, 11) is 0. The summed E-state index contributed by atoms with van der Waals surface area (Å²) in [6.45, 7) is 5.39. The second-order valence-corrected chi connectivity index (χ2v) is 6.39. The Hall–Kier alpha value is -0.780. The molecule has 2 rings (SSSR count). The third-order valence-electron chi connectivity index (χ3n) is 3.32. The van der Waals surface area contributed by atoms with Crippen LogP contribution in [0.25, 0.3) is 0 Å². The average Bonchev–Trinajstić information content (AvgIpc) is 2.37. The minimum Gasteiger partial charge on any atom is -0.491 e. The Balaban J connectivity index is 0.00000220. The van der Waals surface area contributed by atoms with Crippen molar-refractivity contribution in [2.45, 2.75) is 38.8 Å².